The monoisotopic (exact) mass is 264 g/mol. The molecule has 1 rings (SSSR count). The van der Waals surface area contributed by atoms with Gasteiger partial charge in [-0.15, -0.1) is 11.8 Å². The van der Waals surface area contributed by atoms with Crippen molar-refractivity contribution in [3.63, 3.8) is 0 Å². The number of carbonyl (C=O) groups is 1. The van der Waals surface area contributed by atoms with Crippen molar-refractivity contribution in [1.29, 1.82) is 0 Å². The number of carbonyl (C=O) groups excluding carboxylic acids is 1. The Morgan fingerprint density at radius 1 is 1.35 bits per heavy atom. The molecule has 1 heterocycles. The van der Waals surface area contributed by atoms with E-state index in [-0.39, 0.29) is 0 Å². The number of hydrogen-bond acceptors (Lipinski definition) is 6. The van der Waals surface area contributed by atoms with Gasteiger partial charge < -0.3 is 25.8 Å². The lowest BCUT2D eigenvalue weighted by molar-refractivity contribution is -0.190. The predicted molar refractivity (Wildman–Crippen MR) is 62.9 cm³/mol. The second kappa shape index (κ2) is 6.01. The van der Waals surface area contributed by atoms with E-state index >= 15 is 0 Å². The van der Waals surface area contributed by atoms with Gasteiger partial charge >= 0.3 is 0 Å². The molecule has 1 aliphatic heterocycles. The molecule has 0 aromatic heterocycles. The summed E-state index contributed by atoms with van der Waals surface area (Å²) in [6.07, 6.45) is -1.40. The predicted octanol–water partition coefficient (Wildman–Crippen LogP) is -1.52. The molecule has 6 unspecified atom stereocenters. The maximum atomic E-state index is 10.9. The van der Waals surface area contributed by atoms with E-state index in [0.717, 1.165) is 0 Å². The van der Waals surface area contributed by atoms with Crippen LogP contribution >= 0.6 is 11.8 Å². The summed E-state index contributed by atoms with van der Waals surface area (Å²) in [6, 6.07) is 0. The first-order valence-electron chi connectivity index (χ1n) is 5.25. The SMILES string of the molecule is CSC1OC([CH]C(C)C(N)=O)C(O)C(O)C1O. The molecule has 1 aliphatic rings. The Labute approximate surface area is 104 Å². The van der Waals surface area contributed by atoms with Crippen LogP contribution in [0.3, 0.4) is 0 Å². The summed E-state index contributed by atoms with van der Waals surface area (Å²) < 4.78 is 5.39. The van der Waals surface area contributed by atoms with Gasteiger partial charge in [0.25, 0.3) is 0 Å². The molecule has 0 aliphatic carbocycles. The highest BCUT2D eigenvalue weighted by atomic mass is 32.2. The summed E-state index contributed by atoms with van der Waals surface area (Å²) >= 11 is 1.22. The molecular weight excluding hydrogens is 246 g/mol. The van der Waals surface area contributed by atoms with Crippen LogP contribution < -0.4 is 5.73 Å². The smallest absolute Gasteiger partial charge is 0.220 e. The first-order valence-corrected chi connectivity index (χ1v) is 6.54. The Morgan fingerprint density at radius 2 is 1.94 bits per heavy atom. The number of aliphatic hydroxyl groups excluding tert-OH is 3. The van der Waals surface area contributed by atoms with Crippen molar-refractivity contribution in [3.05, 3.63) is 6.42 Å². The Balaban J connectivity index is 2.68. The number of hydrogen-bond donors (Lipinski definition) is 4. The van der Waals surface area contributed by atoms with Crippen molar-refractivity contribution in [3.8, 4) is 0 Å². The lowest BCUT2D eigenvalue weighted by Crippen LogP contribution is -2.57. The van der Waals surface area contributed by atoms with Gasteiger partial charge in [-0.25, -0.2) is 0 Å². The molecule has 6 nitrogen and oxygen atoms in total. The summed E-state index contributed by atoms with van der Waals surface area (Å²) in [4.78, 5) is 10.9. The molecule has 1 radical (unpaired) electrons. The highest BCUT2D eigenvalue weighted by Crippen LogP contribution is 2.29. The van der Waals surface area contributed by atoms with E-state index in [1.54, 1.807) is 13.2 Å². The molecule has 7 heteroatoms. The molecule has 99 valence electrons. The van der Waals surface area contributed by atoms with Crippen molar-refractivity contribution in [2.45, 2.75) is 36.8 Å². The third-order valence-corrected chi connectivity index (χ3v) is 3.62. The van der Waals surface area contributed by atoms with Crippen LogP contribution in [-0.2, 0) is 9.53 Å². The summed E-state index contributed by atoms with van der Waals surface area (Å²) in [5, 5.41) is 29.0. The molecule has 1 fully saturated rings. The van der Waals surface area contributed by atoms with Crippen LogP contribution in [0.4, 0.5) is 0 Å². The average Bonchev–Trinajstić information content (AvgIpc) is 2.29. The van der Waals surface area contributed by atoms with Crippen LogP contribution in [-0.4, -0.2) is 57.3 Å². The molecule has 5 N–H and O–H groups in total. The third kappa shape index (κ3) is 3.32. The maximum absolute atomic E-state index is 10.9. The van der Waals surface area contributed by atoms with Gasteiger partial charge in [-0.3, -0.25) is 4.79 Å². The molecule has 1 saturated heterocycles. The van der Waals surface area contributed by atoms with Crippen molar-refractivity contribution in [2.24, 2.45) is 11.7 Å². The molecule has 6 atom stereocenters. The van der Waals surface area contributed by atoms with Gasteiger partial charge in [-0.2, -0.15) is 0 Å². The second-order valence-electron chi connectivity index (χ2n) is 4.06. The van der Waals surface area contributed by atoms with Crippen LogP contribution in [0.1, 0.15) is 6.92 Å². The van der Waals surface area contributed by atoms with Crippen molar-refractivity contribution < 1.29 is 24.9 Å². The van der Waals surface area contributed by atoms with E-state index in [9.17, 15) is 20.1 Å². The topological polar surface area (TPSA) is 113 Å². The van der Waals surface area contributed by atoms with Crippen molar-refractivity contribution in [2.75, 3.05) is 6.26 Å². The van der Waals surface area contributed by atoms with Gasteiger partial charge in [0, 0.05) is 12.3 Å². The number of aliphatic hydroxyl groups is 3. The minimum atomic E-state index is -1.30. The minimum Gasteiger partial charge on any atom is -0.388 e. The van der Waals surface area contributed by atoms with Gasteiger partial charge in [0.15, 0.2) is 0 Å². The zero-order valence-electron chi connectivity index (χ0n) is 9.69. The molecule has 0 spiro atoms. The summed E-state index contributed by atoms with van der Waals surface area (Å²) in [5.41, 5.74) is 4.46. The Morgan fingerprint density at radius 3 is 2.41 bits per heavy atom. The summed E-state index contributed by atoms with van der Waals surface area (Å²) in [5.74, 6) is -1.12. The van der Waals surface area contributed by atoms with E-state index in [1.807, 2.05) is 0 Å². The first kappa shape index (κ1) is 14.7. The molecule has 0 aromatic rings. The largest absolute Gasteiger partial charge is 0.388 e. The number of primary amides is 1. The Kier molecular flexibility index (Phi) is 5.21. The van der Waals surface area contributed by atoms with E-state index in [0.29, 0.717) is 0 Å². The highest BCUT2D eigenvalue weighted by Gasteiger charge is 2.43. The summed E-state index contributed by atoms with van der Waals surface area (Å²) in [6.45, 7) is 1.57. The zero-order valence-corrected chi connectivity index (χ0v) is 10.5. The van der Waals surface area contributed by atoms with Gasteiger partial charge in [-0.1, -0.05) is 6.92 Å². The van der Waals surface area contributed by atoms with Crippen molar-refractivity contribution in [1.82, 2.24) is 0 Å². The van der Waals surface area contributed by atoms with Gasteiger partial charge in [-0.05, 0) is 6.26 Å². The zero-order chi connectivity index (χ0) is 13.2. The number of nitrogens with two attached hydrogens (primary N) is 1. The number of thioether (sulfide) groups is 1. The highest BCUT2D eigenvalue weighted by molar-refractivity contribution is 7.99. The molecule has 17 heavy (non-hydrogen) atoms. The maximum Gasteiger partial charge on any atom is 0.220 e. The number of rotatable bonds is 4. The quantitative estimate of drug-likeness (QED) is 0.490. The van der Waals surface area contributed by atoms with E-state index < -0.39 is 41.7 Å². The first-order chi connectivity index (χ1) is 7.88. The Hall–Kier alpha value is -0.340. The lowest BCUT2D eigenvalue weighted by atomic mass is 9.92. The standard InChI is InChI=1S/C10H18NO5S/c1-4(9(11)15)3-5-6(12)7(13)8(14)10(16-5)17-2/h3-8,10,12-14H,1-2H3,(H2,11,15). The number of ether oxygens (including phenoxy) is 1. The normalized spacial score (nSPS) is 39.9. The molecular formula is C10H18NO5S. The third-order valence-electron chi connectivity index (χ3n) is 2.77. The molecule has 0 bridgehead atoms. The van der Waals surface area contributed by atoms with E-state index in [1.165, 1.54) is 18.2 Å². The Bertz CT molecular complexity index is 275. The van der Waals surface area contributed by atoms with Gasteiger partial charge in [0.1, 0.15) is 23.7 Å². The van der Waals surface area contributed by atoms with Crippen molar-refractivity contribution >= 4 is 17.7 Å². The van der Waals surface area contributed by atoms with Crippen LogP contribution in [0.25, 0.3) is 0 Å². The van der Waals surface area contributed by atoms with Crippen LogP contribution in [0.15, 0.2) is 0 Å². The molecule has 1 amide bonds. The van der Waals surface area contributed by atoms with Gasteiger partial charge in [0.2, 0.25) is 5.91 Å². The molecule has 0 saturated carbocycles. The van der Waals surface area contributed by atoms with E-state index in [2.05, 4.69) is 0 Å². The average molecular weight is 264 g/mol. The lowest BCUT2D eigenvalue weighted by Gasteiger charge is -2.40. The molecule has 0 aromatic carbocycles. The van der Waals surface area contributed by atoms with E-state index in [4.69, 9.17) is 10.5 Å². The number of amides is 1. The fourth-order valence-electron chi connectivity index (χ4n) is 1.61. The van der Waals surface area contributed by atoms with Crippen LogP contribution in [0.2, 0.25) is 0 Å². The second-order valence-corrected chi connectivity index (χ2v) is 5.00. The summed E-state index contributed by atoms with van der Waals surface area (Å²) in [7, 11) is 0. The van der Waals surface area contributed by atoms with Crippen LogP contribution in [0.5, 0.6) is 0 Å². The fraction of sp³-hybridized carbons (Fsp3) is 0.800. The van der Waals surface area contributed by atoms with Crippen LogP contribution in [0, 0.1) is 12.3 Å². The van der Waals surface area contributed by atoms with Gasteiger partial charge in [0.05, 0.1) is 6.10 Å². The minimum absolute atomic E-state index is 0.540. The fourth-order valence-corrected chi connectivity index (χ4v) is 2.29.